The predicted octanol–water partition coefficient (Wildman–Crippen LogP) is 0.748. The van der Waals surface area contributed by atoms with Gasteiger partial charge in [0, 0.05) is 18.0 Å². The second-order valence-corrected chi connectivity index (χ2v) is 8.37. The molecule has 8 nitrogen and oxygen atoms in total. The highest BCUT2D eigenvalue weighted by molar-refractivity contribution is 7.18. The summed E-state index contributed by atoms with van der Waals surface area (Å²) < 4.78 is 6.77. The monoisotopic (exact) mass is 404 g/mol. The zero-order chi connectivity index (χ0) is 19.5. The number of ether oxygens (including phenoxy) is 1. The maximum absolute atomic E-state index is 12.8. The van der Waals surface area contributed by atoms with Gasteiger partial charge in [0.25, 0.3) is 5.56 Å². The Labute approximate surface area is 166 Å². The van der Waals surface area contributed by atoms with Gasteiger partial charge in [0.2, 0.25) is 11.8 Å². The lowest BCUT2D eigenvalue weighted by Crippen LogP contribution is -2.41. The van der Waals surface area contributed by atoms with Gasteiger partial charge < -0.3 is 15.4 Å². The quantitative estimate of drug-likeness (QED) is 0.740. The average molecular weight is 404 g/mol. The first-order valence-corrected chi connectivity index (χ1v) is 10.6. The van der Waals surface area contributed by atoms with E-state index in [1.54, 1.807) is 11.3 Å². The summed E-state index contributed by atoms with van der Waals surface area (Å²) in [6.45, 7) is 0.922. The van der Waals surface area contributed by atoms with Crippen LogP contribution in [0.25, 0.3) is 10.2 Å². The van der Waals surface area contributed by atoms with E-state index in [1.807, 2.05) is 0 Å². The minimum absolute atomic E-state index is 0.0626. The van der Waals surface area contributed by atoms with E-state index in [0.717, 1.165) is 55.5 Å². The second kappa shape index (κ2) is 8.40. The molecule has 0 radical (unpaired) electrons. The molecule has 0 saturated carbocycles. The molecule has 0 aromatic carbocycles. The molecule has 28 heavy (non-hydrogen) atoms. The fourth-order valence-corrected chi connectivity index (χ4v) is 5.00. The lowest BCUT2D eigenvalue weighted by molar-refractivity contribution is -0.126. The predicted molar refractivity (Wildman–Crippen MR) is 106 cm³/mol. The molecule has 3 heterocycles. The molecule has 1 aliphatic heterocycles. The van der Waals surface area contributed by atoms with Crippen molar-refractivity contribution in [3.8, 4) is 0 Å². The molecule has 0 bridgehead atoms. The fourth-order valence-electron chi connectivity index (χ4n) is 3.78. The number of carbonyl (C=O) groups excluding carboxylic acids is 2. The molecule has 2 aliphatic rings. The minimum atomic E-state index is -0.389. The summed E-state index contributed by atoms with van der Waals surface area (Å²) in [5.41, 5.74) is 0.925. The third-order valence-electron chi connectivity index (χ3n) is 5.25. The molecule has 2 amide bonds. The summed E-state index contributed by atoms with van der Waals surface area (Å²) in [5, 5.41) is 5.97. The lowest BCUT2D eigenvalue weighted by Gasteiger charge is -2.12. The summed E-state index contributed by atoms with van der Waals surface area (Å²) in [4.78, 5) is 43.3. The van der Waals surface area contributed by atoms with Crippen LogP contribution in [0.5, 0.6) is 0 Å². The van der Waals surface area contributed by atoms with Gasteiger partial charge in [-0.2, -0.15) is 0 Å². The first kappa shape index (κ1) is 19.1. The van der Waals surface area contributed by atoms with Gasteiger partial charge in [0.15, 0.2) is 0 Å². The number of carbonyl (C=O) groups is 2. The van der Waals surface area contributed by atoms with Crippen molar-refractivity contribution in [2.24, 2.45) is 0 Å². The maximum atomic E-state index is 12.8. The molecule has 1 unspecified atom stereocenters. The number of amides is 2. The number of nitrogens with zero attached hydrogens (tertiary/aromatic N) is 2. The first-order chi connectivity index (χ1) is 13.6. The third kappa shape index (κ3) is 4.10. The van der Waals surface area contributed by atoms with Crippen LogP contribution in [-0.4, -0.2) is 47.2 Å². The highest BCUT2D eigenvalue weighted by Crippen LogP contribution is 2.33. The van der Waals surface area contributed by atoms with E-state index < -0.39 is 0 Å². The van der Waals surface area contributed by atoms with Crippen LogP contribution in [0.1, 0.15) is 36.1 Å². The summed E-state index contributed by atoms with van der Waals surface area (Å²) in [7, 11) is 0. The van der Waals surface area contributed by atoms with Crippen molar-refractivity contribution in [1.29, 1.82) is 0 Å². The van der Waals surface area contributed by atoms with Crippen LogP contribution < -0.4 is 16.2 Å². The largest absolute Gasteiger partial charge is 0.376 e. The van der Waals surface area contributed by atoms with Crippen LogP contribution in [0.2, 0.25) is 0 Å². The zero-order valence-electron chi connectivity index (χ0n) is 15.7. The summed E-state index contributed by atoms with van der Waals surface area (Å²) >= 11 is 1.58. The summed E-state index contributed by atoms with van der Waals surface area (Å²) in [5.74, 6) is -0.656. The third-order valence-corrected chi connectivity index (χ3v) is 6.45. The molecular formula is C19H24N4O4S. The van der Waals surface area contributed by atoms with Crippen LogP contribution in [-0.2, 0) is 33.7 Å². The van der Waals surface area contributed by atoms with Crippen molar-refractivity contribution in [2.75, 3.05) is 19.7 Å². The van der Waals surface area contributed by atoms with Gasteiger partial charge in [-0.3, -0.25) is 19.0 Å². The van der Waals surface area contributed by atoms with Gasteiger partial charge in [-0.15, -0.1) is 11.3 Å². The van der Waals surface area contributed by atoms with Crippen molar-refractivity contribution in [1.82, 2.24) is 20.2 Å². The number of nitrogens with one attached hydrogen (secondary N) is 2. The van der Waals surface area contributed by atoms with Crippen LogP contribution in [0.3, 0.4) is 0 Å². The molecular weight excluding hydrogens is 380 g/mol. The molecule has 2 aromatic heterocycles. The number of thiophene rings is 1. The van der Waals surface area contributed by atoms with Crippen LogP contribution >= 0.6 is 11.3 Å². The SMILES string of the molecule is O=C(CNC(=O)Cn1cnc2sc3c(c2c1=O)CCCC3)NCC1CCCO1. The zero-order valence-corrected chi connectivity index (χ0v) is 16.5. The highest BCUT2D eigenvalue weighted by atomic mass is 32.1. The van der Waals surface area contributed by atoms with E-state index in [1.165, 1.54) is 15.8 Å². The number of rotatable bonds is 6. The molecule has 1 fully saturated rings. The molecule has 1 atom stereocenters. The van der Waals surface area contributed by atoms with Crippen LogP contribution in [0, 0.1) is 0 Å². The number of hydrogen-bond donors (Lipinski definition) is 2. The van der Waals surface area contributed by atoms with E-state index >= 15 is 0 Å². The highest BCUT2D eigenvalue weighted by Gasteiger charge is 2.21. The van der Waals surface area contributed by atoms with Crippen molar-refractivity contribution < 1.29 is 14.3 Å². The minimum Gasteiger partial charge on any atom is -0.376 e. The van der Waals surface area contributed by atoms with E-state index in [9.17, 15) is 14.4 Å². The Bertz CT molecular complexity index is 945. The average Bonchev–Trinajstić information content (AvgIpc) is 3.34. The van der Waals surface area contributed by atoms with Gasteiger partial charge in [-0.25, -0.2) is 4.98 Å². The van der Waals surface area contributed by atoms with Gasteiger partial charge >= 0.3 is 0 Å². The Morgan fingerprint density at radius 2 is 2.07 bits per heavy atom. The number of fused-ring (bicyclic) bond motifs is 3. The van der Waals surface area contributed by atoms with Crippen molar-refractivity contribution in [3.05, 3.63) is 27.1 Å². The van der Waals surface area contributed by atoms with Gasteiger partial charge in [-0.1, -0.05) is 0 Å². The van der Waals surface area contributed by atoms with Gasteiger partial charge in [0.1, 0.15) is 11.4 Å². The molecule has 1 saturated heterocycles. The van der Waals surface area contributed by atoms with E-state index in [0.29, 0.717) is 11.9 Å². The standard InChI is InChI=1S/C19H24N4O4S/c24-15(20-8-12-4-3-7-27-12)9-21-16(25)10-23-11-22-18-17(19(23)26)13-5-1-2-6-14(13)28-18/h11-12H,1-10H2,(H,20,24)(H,21,25). The Kier molecular flexibility index (Phi) is 5.72. The molecule has 1 aliphatic carbocycles. The number of aryl methyl sites for hydroxylation is 2. The fraction of sp³-hybridized carbons (Fsp3) is 0.579. The van der Waals surface area contributed by atoms with Crippen molar-refractivity contribution in [2.45, 2.75) is 51.2 Å². The molecule has 150 valence electrons. The number of aromatic nitrogens is 2. The van der Waals surface area contributed by atoms with Gasteiger partial charge in [-0.05, 0) is 44.1 Å². The summed E-state index contributed by atoms with van der Waals surface area (Å²) in [6, 6.07) is 0. The maximum Gasteiger partial charge on any atom is 0.262 e. The Hall–Kier alpha value is -2.26. The smallest absolute Gasteiger partial charge is 0.262 e. The first-order valence-electron chi connectivity index (χ1n) is 9.76. The topological polar surface area (TPSA) is 102 Å². The molecule has 0 spiro atoms. The Morgan fingerprint density at radius 3 is 2.89 bits per heavy atom. The van der Waals surface area contributed by atoms with Crippen molar-refractivity contribution >= 4 is 33.4 Å². The molecule has 9 heteroatoms. The van der Waals surface area contributed by atoms with E-state index in [2.05, 4.69) is 15.6 Å². The lowest BCUT2D eigenvalue weighted by atomic mass is 9.97. The normalized spacial score (nSPS) is 18.8. The van der Waals surface area contributed by atoms with Crippen molar-refractivity contribution in [3.63, 3.8) is 0 Å². The van der Waals surface area contributed by atoms with Gasteiger partial charge in [0.05, 0.1) is 24.4 Å². The van der Waals surface area contributed by atoms with E-state index in [4.69, 9.17) is 4.74 Å². The number of hydrogen-bond acceptors (Lipinski definition) is 6. The van der Waals surface area contributed by atoms with Crippen LogP contribution in [0.15, 0.2) is 11.1 Å². The Morgan fingerprint density at radius 1 is 1.21 bits per heavy atom. The van der Waals surface area contributed by atoms with E-state index in [-0.39, 0.29) is 36.6 Å². The Balaban J connectivity index is 1.35. The molecule has 2 aromatic rings. The second-order valence-electron chi connectivity index (χ2n) is 7.28. The molecule has 2 N–H and O–H groups in total. The molecule has 4 rings (SSSR count). The summed E-state index contributed by atoms with van der Waals surface area (Å²) in [6.07, 6.45) is 7.55. The van der Waals surface area contributed by atoms with Crippen LogP contribution in [0.4, 0.5) is 0 Å².